The summed E-state index contributed by atoms with van der Waals surface area (Å²) < 4.78 is 4.72. The SMILES string of the molecule is CCOC(=O)[C@H](O)CNNCc1ccc(-c2cccc(Cl)c2)cc1. The minimum Gasteiger partial charge on any atom is -0.464 e. The standard InChI is InChI=1S/C18H21ClN2O3/c1-2-24-18(23)17(22)12-21-20-11-13-6-8-14(9-7-13)15-4-3-5-16(19)10-15/h3-10,17,20-22H,2,11-12H2,1H3/t17-/m1/s1. The normalized spacial score (nSPS) is 12.0. The maximum absolute atomic E-state index is 11.3. The fourth-order valence-corrected chi connectivity index (χ4v) is 2.33. The van der Waals surface area contributed by atoms with Crippen molar-refractivity contribution in [2.75, 3.05) is 13.2 Å². The van der Waals surface area contributed by atoms with Crippen molar-refractivity contribution in [3.63, 3.8) is 0 Å². The molecule has 0 unspecified atom stereocenters. The number of aliphatic hydroxyl groups is 1. The van der Waals surface area contributed by atoms with E-state index < -0.39 is 12.1 Å². The zero-order chi connectivity index (χ0) is 17.4. The lowest BCUT2D eigenvalue weighted by Gasteiger charge is -2.12. The van der Waals surface area contributed by atoms with E-state index in [0.29, 0.717) is 11.6 Å². The maximum atomic E-state index is 11.3. The quantitative estimate of drug-likeness (QED) is 0.388. The van der Waals surface area contributed by atoms with E-state index in [1.807, 2.05) is 48.5 Å². The predicted octanol–water partition coefficient (Wildman–Crippen LogP) is 2.53. The molecule has 0 aromatic heterocycles. The van der Waals surface area contributed by atoms with Crippen LogP contribution in [0.2, 0.25) is 5.02 Å². The number of hydrogen-bond donors (Lipinski definition) is 3. The first kappa shape index (κ1) is 18.4. The fraction of sp³-hybridized carbons (Fsp3) is 0.278. The molecule has 2 aromatic rings. The number of ether oxygens (including phenoxy) is 1. The van der Waals surface area contributed by atoms with Gasteiger partial charge >= 0.3 is 5.97 Å². The summed E-state index contributed by atoms with van der Waals surface area (Å²) in [7, 11) is 0. The van der Waals surface area contributed by atoms with Gasteiger partial charge in [0.05, 0.1) is 6.61 Å². The molecule has 0 aliphatic carbocycles. The molecule has 1 atom stereocenters. The van der Waals surface area contributed by atoms with E-state index in [-0.39, 0.29) is 13.2 Å². The summed E-state index contributed by atoms with van der Waals surface area (Å²) in [5.41, 5.74) is 8.99. The van der Waals surface area contributed by atoms with Gasteiger partial charge in [-0.15, -0.1) is 0 Å². The maximum Gasteiger partial charge on any atom is 0.336 e. The highest BCUT2D eigenvalue weighted by Crippen LogP contribution is 2.22. The number of carbonyl (C=O) groups excluding carboxylic acids is 1. The van der Waals surface area contributed by atoms with Gasteiger partial charge < -0.3 is 9.84 Å². The smallest absolute Gasteiger partial charge is 0.336 e. The van der Waals surface area contributed by atoms with E-state index in [4.69, 9.17) is 16.3 Å². The van der Waals surface area contributed by atoms with Crippen molar-refractivity contribution in [1.29, 1.82) is 0 Å². The molecular weight excluding hydrogens is 328 g/mol. The number of rotatable bonds is 8. The van der Waals surface area contributed by atoms with Gasteiger partial charge in [-0.25, -0.2) is 4.79 Å². The van der Waals surface area contributed by atoms with Crippen LogP contribution in [0.15, 0.2) is 48.5 Å². The number of carbonyl (C=O) groups is 1. The Labute approximate surface area is 146 Å². The zero-order valence-corrected chi connectivity index (χ0v) is 14.2. The third-order valence-corrected chi connectivity index (χ3v) is 3.62. The number of aliphatic hydroxyl groups excluding tert-OH is 1. The summed E-state index contributed by atoms with van der Waals surface area (Å²) in [4.78, 5) is 11.3. The van der Waals surface area contributed by atoms with Crippen LogP contribution in [0.5, 0.6) is 0 Å². The molecule has 0 saturated carbocycles. The van der Waals surface area contributed by atoms with E-state index >= 15 is 0 Å². The van der Waals surface area contributed by atoms with Crippen LogP contribution in [0.1, 0.15) is 12.5 Å². The molecule has 2 rings (SSSR count). The van der Waals surface area contributed by atoms with Crippen molar-refractivity contribution < 1.29 is 14.6 Å². The number of hydrogen-bond acceptors (Lipinski definition) is 5. The molecule has 0 spiro atoms. The fourth-order valence-electron chi connectivity index (χ4n) is 2.14. The summed E-state index contributed by atoms with van der Waals surface area (Å²) in [6.07, 6.45) is -1.18. The van der Waals surface area contributed by atoms with E-state index in [0.717, 1.165) is 16.7 Å². The first-order chi connectivity index (χ1) is 11.6. The monoisotopic (exact) mass is 348 g/mol. The first-order valence-corrected chi connectivity index (χ1v) is 8.13. The number of nitrogens with one attached hydrogen (secondary N) is 2. The van der Waals surface area contributed by atoms with Crippen LogP contribution < -0.4 is 10.9 Å². The van der Waals surface area contributed by atoms with Crippen LogP contribution >= 0.6 is 11.6 Å². The molecule has 5 nitrogen and oxygen atoms in total. The number of benzene rings is 2. The van der Waals surface area contributed by atoms with Crippen LogP contribution in [-0.2, 0) is 16.1 Å². The Balaban J connectivity index is 1.79. The highest BCUT2D eigenvalue weighted by Gasteiger charge is 2.14. The third-order valence-electron chi connectivity index (χ3n) is 3.38. The average molecular weight is 349 g/mol. The van der Waals surface area contributed by atoms with Crippen LogP contribution in [0.4, 0.5) is 0 Å². The Hall–Kier alpha value is -1.92. The third kappa shape index (κ3) is 5.62. The molecule has 0 bridgehead atoms. The second kappa shape index (κ2) is 9.39. The zero-order valence-electron chi connectivity index (χ0n) is 13.5. The van der Waals surface area contributed by atoms with Crippen molar-refractivity contribution in [3.05, 3.63) is 59.1 Å². The lowest BCUT2D eigenvalue weighted by atomic mass is 10.0. The molecule has 0 fully saturated rings. The Kier molecular flexibility index (Phi) is 7.21. The topological polar surface area (TPSA) is 70.6 Å². The summed E-state index contributed by atoms with van der Waals surface area (Å²) in [6, 6.07) is 15.8. The summed E-state index contributed by atoms with van der Waals surface area (Å²) in [6.45, 7) is 2.59. The number of esters is 1. The molecule has 3 N–H and O–H groups in total. The van der Waals surface area contributed by atoms with Crippen LogP contribution in [-0.4, -0.2) is 30.3 Å². The minimum atomic E-state index is -1.18. The van der Waals surface area contributed by atoms with Gasteiger partial charge in [-0.1, -0.05) is 48.0 Å². The molecule has 24 heavy (non-hydrogen) atoms. The number of hydrazine groups is 1. The average Bonchev–Trinajstić information content (AvgIpc) is 2.59. The van der Waals surface area contributed by atoms with Crippen molar-refractivity contribution in [2.45, 2.75) is 19.6 Å². The van der Waals surface area contributed by atoms with Gasteiger partial charge in [0.1, 0.15) is 0 Å². The molecule has 0 saturated heterocycles. The Morgan fingerprint density at radius 1 is 1.17 bits per heavy atom. The summed E-state index contributed by atoms with van der Waals surface area (Å²) in [5.74, 6) is -0.627. The second-order valence-electron chi connectivity index (χ2n) is 5.21. The van der Waals surface area contributed by atoms with Crippen LogP contribution in [0.3, 0.4) is 0 Å². The molecule has 2 aromatic carbocycles. The lowest BCUT2D eigenvalue weighted by Crippen LogP contribution is -2.41. The van der Waals surface area contributed by atoms with Gasteiger partial charge in [-0.3, -0.25) is 10.9 Å². The largest absolute Gasteiger partial charge is 0.464 e. The number of halogens is 1. The predicted molar refractivity (Wildman–Crippen MR) is 94.4 cm³/mol. The van der Waals surface area contributed by atoms with Crippen molar-refractivity contribution in [2.24, 2.45) is 0 Å². The van der Waals surface area contributed by atoms with Gasteiger partial charge in [0.25, 0.3) is 0 Å². The molecule has 6 heteroatoms. The lowest BCUT2D eigenvalue weighted by molar-refractivity contribution is -0.152. The Bertz CT molecular complexity index is 662. The molecule has 0 aliphatic rings. The Morgan fingerprint density at radius 3 is 2.58 bits per heavy atom. The summed E-state index contributed by atoms with van der Waals surface area (Å²) in [5, 5.41) is 10.3. The Morgan fingerprint density at radius 2 is 1.92 bits per heavy atom. The van der Waals surface area contributed by atoms with Crippen LogP contribution in [0, 0.1) is 0 Å². The van der Waals surface area contributed by atoms with Crippen molar-refractivity contribution in [3.8, 4) is 11.1 Å². The van der Waals surface area contributed by atoms with Gasteiger partial charge in [0, 0.05) is 18.1 Å². The van der Waals surface area contributed by atoms with Crippen molar-refractivity contribution in [1.82, 2.24) is 10.9 Å². The van der Waals surface area contributed by atoms with E-state index in [1.165, 1.54) is 0 Å². The van der Waals surface area contributed by atoms with Gasteiger partial charge in [0.15, 0.2) is 6.10 Å². The second-order valence-corrected chi connectivity index (χ2v) is 5.65. The summed E-state index contributed by atoms with van der Waals surface area (Å²) >= 11 is 6.01. The minimum absolute atomic E-state index is 0.0828. The van der Waals surface area contributed by atoms with E-state index in [2.05, 4.69) is 10.9 Å². The highest BCUT2D eigenvalue weighted by molar-refractivity contribution is 6.30. The van der Waals surface area contributed by atoms with Crippen LogP contribution in [0.25, 0.3) is 11.1 Å². The van der Waals surface area contributed by atoms with E-state index in [9.17, 15) is 9.90 Å². The molecule has 128 valence electrons. The van der Waals surface area contributed by atoms with E-state index in [1.54, 1.807) is 6.92 Å². The van der Waals surface area contributed by atoms with Gasteiger partial charge in [-0.05, 0) is 35.7 Å². The van der Waals surface area contributed by atoms with Gasteiger partial charge in [-0.2, -0.15) is 0 Å². The molecular formula is C18H21ClN2O3. The molecule has 0 radical (unpaired) electrons. The van der Waals surface area contributed by atoms with Gasteiger partial charge in [0.2, 0.25) is 0 Å². The molecule has 0 heterocycles. The van der Waals surface area contributed by atoms with Crippen molar-refractivity contribution >= 4 is 17.6 Å². The first-order valence-electron chi connectivity index (χ1n) is 7.75. The molecule has 0 amide bonds. The highest BCUT2D eigenvalue weighted by atomic mass is 35.5. The molecule has 0 aliphatic heterocycles.